The Morgan fingerprint density at radius 3 is 2.53 bits per heavy atom. The molecule has 0 aromatic heterocycles. The summed E-state index contributed by atoms with van der Waals surface area (Å²) in [5.41, 5.74) is 0.387. The zero-order valence-electron chi connectivity index (χ0n) is 10.6. The molecule has 100 valence electrons. The SMILES string of the molecule is C=BC1[C@@H](CC)OC(=O)N1Cc1cc(F)cc(F)c1. The van der Waals surface area contributed by atoms with E-state index in [1.165, 1.54) is 17.0 Å². The van der Waals surface area contributed by atoms with Gasteiger partial charge in [-0.15, -0.1) is 0 Å². The molecule has 2 atom stereocenters. The Balaban J connectivity index is 2.21. The normalized spacial score (nSPS) is 22.3. The van der Waals surface area contributed by atoms with Gasteiger partial charge in [-0.3, -0.25) is 0 Å². The maximum absolute atomic E-state index is 13.1. The van der Waals surface area contributed by atoms with Crippen molar-refractivity contribution in [1.82, 2.24) is 4.90 Å². The number of carbonyl (C=O) groups is 1. The van der Waals surface area contributed by atoms with Crippen molar-refractivity contribution in [3.05, 3.63) is 35.4 Å². The number of ether oxygens (including phenoxy) is 1. The molecule has 0 bridgehead atoms. The number of carbonyl (C=O) groups excluding carboxylic acids is 1. The summed E-state index contributed by atoms with van der Waals surface area (Å²) in [6.07, 6.45) is -0.0824. The van der Waals surface area contributed by atoms with E-state index >= 15 is 0 Å². The minimum atomic E-state index is -0.662. The average Bonchev–Trinajstić information content (AvgIpc) is 2.64. The minimum absolute atomic E-state index is 0.0979. The topological polar surface area (TPSA) is 29.5 Å². The molecule has 0 aliphatic carbocycles. The Hall–Kier alpha value is -1.72. The van der Waals surface area contributed by atoms with E-state index in [1.54, 1.807) is 6.92 Å². The van der Waals surface area contributed by atoms with Crippen molar-refractivity contribution in [3.8, 4) is 0 Å². The van der Waals surface area contributed by atoms with E-state index in [0.29, 0.717) is 12.0 Å². The fourth-order valence-electron chi connectivity index (χ4n) is 2.26. The molecule has 2 rings (SSSR count). The van der Waals surface area contributed by atoms with Gasteiger partial charge in [-0.05, 0) is 0 Å². The van der Waals surface area contributed by atoms with Crippen LogP contribution < -0.4 is 0 Å². The third-order valence-electron chi connectivity index (χ3n) is 3.15. The zero-order chi connectivity index (χ0) is 14.0. The summed E-state index contributed by atoms with van der Waals surface area (Å²) in [6, 6.07) is 3.21. The van der Waals surface area contributed by atoms with Crippen molar-refractivity contribution in [2.24, 2.45) is 0 Å². The molecule has 3 nitrogen and oxygen atoms in total. The van der Waals surface area contributed by atoms with E-state index in [4.69, 9.17) is 4.74 Å². The summed E-state index contributed by atoms with van der Waals surface area (Å²) >= 11 is 0. The number of benzene rings is 1. The summed E-state index contributed by atoms with van der Waals surface area (Å²) in [7, 11) is 0. The van der Waals surface area contributed by atoms with Crippen LogP contribution in [0.2, 0.25) is 0 Å². The van der Waals surface area contributed by atoms with E-state index in [-0.39, 0.29) is 18.6 Å². The van der Waals surface area contributed by atoms with Gasteiger partial charge in [0.25, 0.3) is 0 Å². The van der Waals surface area contributed by atoms with E-state index < -0.39 is 17.7 Å². The van der Waals surface area contributed by atoms with E-state index in [2.05, 4.69) is 6.47 Å². The van der Waals surface area contributed by atoms with Gasteiger partial charge in [-0.2, -0.15) is 0 Å². The van der Waals surface area contributed by atoms with Crippen molar-refractivity contribution in [2.75, 3.05) is 0 Å². The fourth-order valence-corrected chi connectivity index (χ4v) is 2.26. The first-order valence-electron chi connectivity index (χ1n) is 6.10. The maximum atomic E-state index is 13.1. The molecule has 0 spiro atoms. The van der Waals surface area contributed by atoms with Crippen LogP contribution in [0.1, 0.15) is 18.9 Å². The molecule has 1 saturated heterocycles. The molecule has 1 heterocycles. The summed E-state index contributed by atoms with van der Waals surface area (Å²) in [5, 5.41) is 0. The summed E-state index contributed by atoms with van der Waals surface area (Å²) in [5.74, 6) is -1.60. The van der Waals surface area contributed by atoms with Crippen molar-refractivity contribution in [2.45, 2.75) is 31.9 Å². The number of halogens is 2. The second-order valence-corrected chi connectivity index (χ2v) is 4.46. The number of cyclic esters (lactones) is 1. The molecule has 1 amide bonds. The summed E-state index contributed by atoms with van der Waals surface area (Å²) in [4.78, 5) is 13.2. The van der Waals surface area contributed by atoms with Gasteiger partial charge in [0.15, 0.2) is 0 Å². The molecular weight excluding hydrogens is 251 g/mol. The second kappa shape index (κ2) is 5.51. The van der Waals surface area contributed by atoms with E-state index in [0.717, 1.165) is 6.07 Å². The molecule has 1 aromatic rings. The standard InChI is InChI=1S/C13H14BF2NO2/c1-3-11-12(14-2)17(13(18)19-11)7-8-4-9(15)6-10(16)5-8/h4-6,11-12H,2-3,7H2,1H3/t11-,12?/m1/s1. The average molecular weight is 265 g/mol. The van der Waals surface area contributed by atoms with Gasteiger partial charge in [-0.25, -0.2) is 0 Å². The monoisotopic (exact) mass is 265 g/mol. The molecular formula is C13H14BF2NO2. The number of hydrogen-bond donors (Lipinski definition) is 0. The fraction of sp³-hybridized carbons (Fsp3) is 0.385. The number of amides is 1. The Morgan fingerprint density at radius 2 is 2.00 bits per heavy atom. The molecule has 1 aliphatic heterocycles. The first-order valence-corrected chi connectivity index (χ1v) is 6.10. The van der Waals surface area contributed by atoms with Crippen LogP contribution in [0.4, 0.5) is 13.6 Å². The number of nitrogens with zero attached hydrogens (tertiary/aromatic N) is 1. The molecule has 1 fully saturated rings. The zero-order valence-corrected chi connectivity index (χ0v) is 10.6. The van der Waals surface area contributed by atoms with Crippen LogP contribution in [0.5, 0.6) is 0 Å². The van der Waals surface area contributed by atoms with Gasteiger partial charge in [-0.1, -0.05) is 0 Å². The number of hydrogen-bond acceptors (Lipinski definition) is 2. The Kier molecular flexibility index (Phi) is 3.97. The van der Waals surface area contributed by atoms with E-state index in [1.807, 2.05) is 6.92 Å². The van der Waals surface area contributed by atoms with Crippen molar-refractivity contribution >= 4 is 19.5 Å². The van der Waals surface area contributed by atoms with Crippen LogP contribution in [0.3, 0.4) is 0 Å². The Morgan fingerprint density at radius 1 is 1.37 bits per heavy atom. The van der Waals surface area contributed by atoms with Crippen LogP contribution in [0, 0.1) is 11.6 Å². The molecule has 19 heavy (non-hydrogen) atoms. The van der Waals surface area contributed by atoms with Gasteiger partial charge < -0.3 is 0 Å². The Bertz CT molecular complexity index is 489. The molecule has 1 unspecified atom stereocenters. The van der Waals surface area contributed by atoms with Crippen LogP contribution in [-0.4, -0.2) is 36.4 Å². The predicted molar refractivity (Wildman–Crippen MR) is 69.1 cm³/mol. The summed E-state index contributed by atoms with van der Waals surface area (Å²) in [6.45, 7) is 7.30. The summed E-state index contributed by atoms with van der Waals surface area (Å²) < 4.78 is 31.4. The molecule has 1 aromatic carbocycles. The van der Waals surface area contributed by atoms with Gasteiger partial charge in [0, 0.05) is 0 Å². The third-order valence-corrected chi connectivity index (χ3v) is 3.15. The third kappa shape index (κ3) is 2.83. The molecule has 0 saturated carbocycles. The van der Waals surface area contributed by atoms with Crippen molar-refractivity contribution in [3.63, 3.8) is 0 Å². The predicted octanol–water partition coefficient (Wildman–Crippen LogP) is 2.16. The van der Waals surface area contributed by atoms with Crippen LogP contribution in [0.15, 0.2) is 18.2 Å². The Labute approximate surface area is 111 Å². The molecule has 0 N–H and O–H groups in total. The molecule has 1 aliphatic rings. The van der Waals surface area contributed by atoms with Gasteiger partial charge in [0.2, 0.25) is 0 Å². The first kappa shape index (κ1) is 13.7. The van der Waals surface area contributed by atoms with Crippen molar-refractivity contribution in [1.29, 1.82) is 0 Å². The van der Waals surface area contributed by atoms with Gasteiger partial charge in [0.1, 0.15) is 0 Å². The van der Waals surface area contributed by atoms with Crippen LogP contribution in [0.25, 0.3) is 0 Å². The number of rotatable bonds is 4. The molecule has 6 heteroatoms. The van der Waals surface area contributed by atoms with Crippen molar-refractivity contribution < 1.29 is 18.3 Å². The van der Waals surface area contributed by atoms with Crippen LogP contribution >= 0.6 is 0 Å². The molecule has 0 radical (unpaired) electrons. The second-order valence-electron chi connectivity index (χ2n) is 4.46. The quantitative estimate of drug-likeness (QED) is 0.781. The van der Waals surface area contributed by atoms with Gasteiger partial charge >= 0.3 is 110 Å². The van der Waals surface area contributed by atoms with Crippen LogP contribution in [-0.2, 0) is 11.3 Å². The van der Waals surface area contributed by atoms with Gasteiger partial charge in [0.05, 0.1) is 0 Å². The van der Waals surface area contributed by atoms with E-state index in [9.17, 15) is 13.6 Å². The first-order chi connectivity index (χ1) is 9.05.